The van der Waals surface area contributed by atoms with E-state index < -0.39 is 0 Å². The summed E-state index contributed by atoms with van der Waals surface area (Å²) in [5.41, 5.74) is 0.933. The minimum absolute atomic E-state index is 0.0777. The Bertz CT molecular complexity index is 896. The summed E-state index contributed by atoms with van der Waals surface area (Å²) in [7, 11) is 0. The Morgan fingerprint density at radius 3 is 1.85 bits per heavy atom. The maximum Gasteiger partial charge on any atom is 0.222 e. The van der Waals surface area contributed by atoms with Crippen LogP contribution in [0.2, 0.25) is 0 Å². The molecule has 3 saturated heterocycles. The molecule has 3 rings (SSSR count). The largest absolute Gasteiger partial charge is 0.380 e. The van der Waals surface area contributed by atoms with Crippen molar-refractivity contribution in [2.24, 2.45) is 16.7 Å². The van der Waals surface area contributed by atoms with E-state index in [1.54, 1.807) is 0 Å². The maximum absolute atomic E-state index is 11.5. The van der Waals surface area contributed by atoms with Crippen molar-refractivity contribution >= 4 is 5.91 Å². The molecule has 0 spiro atoms. The zero-order valence-electron chi connectivity index (χ0n) is 32.3. The summed E-state index contributed by atoms with van der Waals surface area (Å²) in [5, 5.41) is 2.88. The first-order chi connectivity index (χ1) is 21.4. The predicted octanol–water partition coefficient (Wildman–Crippen LogP) is 6.37. The number of nitrogens with zero attached hydrogens (tertiary/aromatic N) is 4. The number of nitrogens with one attached hydrogen (secondary N) is 1. The molecule has 3 aliphatic heterocycles. The normalized spacial score (nSPS) is 20.6. The first-order valence-corrected chi connectivity index (χ1v) is 18.7. The van der Waals surface area contributed by atoms with Gasteiger partial charge in [-0.05, 0) is 119 Å². The van der Waals surface area contributed by atoms with Crippen LogP contribution >= 0.6 is 0 Å². The SMILES string of the molecule is CC(C)(C)C#CC1CCN(C2CCN(C(C)(C)C)CC2)CC1.CC(C)NC(=O)CCOCCN1CCN(CCCC(C)(C)C)CC1. The highest BCUT2D eigenvalue weighted by molar-refractivity contribution is 5.76. The fourth-order valence-electron chi connectivity index (χ4n) is 6.55. The molecule has 0 aromatic carbocycles. The lowest BCUT2D eigenvalue weighted by atomic mass is 9.90. The number of piperazine rings is 1. The van der Waals surface area contributed by atoms with E-state index in [0.717, 1.165) is 32.3 Å². The lowest BCUT2D eigenvalue weighted by molar-refractivity contribution is -0.122. The van der Waals surface area contributed by atoms with Gasteiger partial charge in [-0.1, -0.05) is 32.6 Å². The van der Waals surface area contributed by atoms with Crippen molar-refractivity contribution in [1.29, 1.82) is 0 Å². The monoisotopic (exact) mass is 646 g/mol. The molecule has 268 valence electrons. The van der Waals surface area contributed by atoms with Gasteiger partial charge in [-0.15, -0.1) is 0 Å². The van der Waals surface area contributed by atoms with E-state index in [4.69, 9.17) is 4.74 Å². The van der Waals surface area contributed by atoms with Gasteiger partial charge in [-0.3, -0.25) is 14.6 Å². The fraction of sp³-hybridized carbons (Fsp3) is 0.923. The van der Waals surface area contributed by atoms with Gasteiger partial charge in [0.2, 0.25) is 5.91 Å². The first-order valence-electron chi connectivity index (χ1n) is 18.7. The lowest BCUT2D eigenvalue weighted by Crippen LogP contribution is -2.52. The number of ether oxygens (including phenoxy) is 1. The summed E-state index contributed by atoms with van der Waals surface area (Å²) in [4.78, 5) is 21.9. The summed E-state index contributed by atoms with van der Waals surface area (Å²) in [5.74, 6) is 7.67. The summed E-state index contributed by atoms with van der Waals surface area (Å²) in [6.07, 6.45) is 8.27. The molecule has 7 nitrogen and oxygen atoms in total. The molecule has 0 aliphatic carbocycles. The van der Waals surface area contributed by atoms with E-state index in [-0.39, 0.29) is 17.4 Å². The van der Waals surface area contributed by atoms with Gasteiger partial charge in [0.25, 0.3) is 0 Å². The Morgan fingerprint density at radius 2 is 1.35 bits per heavy atom. The highest BCUT2D eigenvalue weighted by Gasteiger charge is 2.31. The Kier molecular flexibility index (Phi) is 17.6. The van der Waals surface area contributed by atoms with E-state index in [0.29, 0.717) is 29.9 Å². The number of rotatable bonds is 11. The molecule has 7 heteroatoms. The molecule has 0 unspecified atom stereocenters. The standard InChI is InChI=1S/C20H36N2.C19H39N3O2/c1-19(2,3)12-7-17-8-13-21(14-9-17)18-10-15-22(16-11-18)20(4,5)6;1-17(2)20-18(23)7-15-24-16-14-22-12-10-21(11-13-22)9-6-8-19(3,4)5/h17-18H,8-11,13-16H2,1-6H3;17H,6-16H2,1-5H3,(H,20,23). The Labute approximate surface area is 285 Å². The Balaban J connectivity index is 0.000000321. The molecule has 0 aromatic heterocycles. The van der Waals surface area contributed by atoms with Gasteiger partial charge in [0.1, 0.15) is 0 Å². The molecule has 0 bridgehead atoms. The van der Waals surface area contributed by atoms with Crippen LogP contribution in [0, 0.1) is 28.6 Å². The van der Waals surface area contributed by atoms with Crippen molar-refractivity contribution in [2.75, 3.05) is 78.7 Å². The second-order valence-electron chi connectivity index (χ2n) is 17.7. The molecule has 3 fully saturated rings. The summed E-state index contributed by atoms with van der Waals surface area (Å²) in [6.45, 7) is 37.6. The van der Waals surface area contributed by atoms with Crippen LogP contribution in [0.25, 0.3) is 0 Å². The molecule has 0 radical (unpaired) electrons. The molecule has 1 amide bonds. The topological polar surface area (TPSA) is 51.3 Å². The van der Waals surface area contributed by atoms with Crippen LogP contribution in [0.5, 0.6) is 0 Å². The molecule has 0 saturated carbocycles. The third-order valence-corrected chi connectivity index (χ3v) is 9.45. The van der Waals surface area contributed by atoms with Crippen molar-refractivity contribution in [3.05, 3.63) is 0 Å². The van der Waals surface area contributed by atoms with Gasteiger partial charge in [-0.2, -0.15) is 0 Å². The zero-order valence-corrected chi connectivity index (χ0v) is 32.3. The van der Waals surface area contributed by atoms with Crippen LogP contribution < -0.4 is 5.32 Å². The molecular formula is C39H75N5O2. The lowest BCUT2D eigenvalue weighted by Gasteiger charge is -2.45. The van der Waals surface area contributed by atoms with Crippen LogP contribution in [0.3, 0.4) is 0 Å². The Hall–Kier alpha value is -1.17. The molecule has 3 heterocycles. The second kappa shape index (κ2) is 19.7. The summed E-state index contributed by atoms with van der Waals surface area (Å²) in [6, 6.07) is 1.02. The second-order valence-corrected chi connectivity index (χ2v) is 17.7. The van der Waals surface area contributed by atoms with E-state index in [1.165, 1.54) is 84.3 Å². The molecule has 46 heavy (non-hydrogen) atoms. The number of carbonyl (C=O) groups excluding carboxylic acids is 1. The number of hydrogen-bond acceptors (Lipinski definition) is 6. The predicted molar refractivity (Wildman–Crippen MR) is 196 cm³/mol. The van der Waals surface area contributed by atoms with Crippen LogP contribution in [-0.2, 0) is 9.53 Å². The number of carbonyl (C=O) groups is 1. The van der Waals surface area contributed by atoms with Gasteiger partial charge >= 0.3 is 0 Å². The van der Waals surface area contributed by atoms with E-state index in [9.17, 15) is 4.79 Å². The molecule has 3 aliphatic rings. The van der Waals surface area contributed by atoms with Gasteiger partial charge in [0.05, 0.1) is 13.2 Å². The summed E-state index contributed by atoms with van der Waals surface area (Å²) >= 11 is 0. The summed E-state index contributed by atoms with van der Waals surface area (Å²) < 4.78 is 5.60. The minimum atomic E-state index is 0.0777. The first kappa shape index (κ1) is 41.0. The molecular weight excluding hydrogens is 570 g/mol. The highest BCUT2D eigenvalue weighted by Crippen LogP contribution is 2.27. The quantitative estimate of drug-likeness (QED) is 0.208. The van der Waals surface area contributed by atoms with Crippen molar-refractivity contribution in [3.8, 4) is 11.8 Å². The highest BCUT2D eigenvalue weighted by atomic mass is 16.5. The average molecular weight is 646 g/mol. The number of amides is 1. The smallest absolute Gasteiger partial charge is 0.222 e. The number of piperidine rings is 2. The van der Waals surface area contributed by atoms with E-state index in [1.807, 2.05) is 13.8 Å². The van der Waals surface area contributed by atoms with Crippen LogP contribution in [0.1, 0.15) is 121 Å². The van der Waals surface area contributed by atoms with Crippen LogP contribution in [0.15, 0.2) is 0 Å². The fourth-order valence-corrected chi connectivity index (χ4v) is 6.55. The van der Waals surface area contributed by atoms with Crippen LogP contribution in [-0.4, -0.2) is 122 Å². The van der Waals surface area contributed by atoms with Crippen LogP contribution in [0.4, 0.5) is 0 Å². The third kappa shape index (κ3) is 18.4. The number of hydrogen-bond donors (Lipinski definition) is 1. The van der Waals surface area contributed by atoms with Crippen molar-refractivity contribution in [3.63, 3.8) is 0 Å². The minimum Gasteiger partial charge on any atom is -0.380 e. The zero-order chi connectivity index (χ0) is 34.4. The van der Waals surface area contributed by atoms with E-state index in [2.05, 4.69) is 99.1 Å². The van der Waals surface area contributed by atoms with E-state index >= 15 is 0 Å². The molecule has 0 atom stereocenters. The number of likely N-dealkylation sites (tertiary alicyclic amines) is 2. The third-order valence-electron chi connectivity index (χ3n) is 9.45. The maximum atomic E-state index is 11.5. The van der Waals surface area contributed by atoms with Gasteiger partial charge in [-0.25, -0.2) is 0 Å². The van der Waals surface area contributed by atoms with Crippen molar-refractivity contribution in [2.45, 2.75) is 139 Å². The van der Waals surface area contributed by atoms with Crippen molar-refractivity contribution < 1.29 is 9.53 Å². The van der Waals surface area contributed by atoms with Gasteiger partial charge in [0.15, 0.2) is 0 Å². The average Bonchev–Trinajstić information content (AvgIpc) is 2.95. The van der Waals surface area contributed by atoms with Gasteiger partial charge in [0, 0.05) is 81.2 Å². The van der Waals surface area contributed by atoms with Gasteiger partial charge < -0.3 is 19.9 Å². The Morgan fingerprint density at radius 1 is 0.783 bits per heavy atom. The molecule has 1 N–H and O–H groups in total. The molecule has 0 aromatic rings. The van der Waals surface area contributed by atoms with Crippen molar-refractivity contribution in [1.82, 2.24) is 24.9 Å².